The van der Waals surface area contributed by atoms with E-state index in [9.17, 15) is 0 Å². The predicted octanol–water partition coefficient (Wildman–Crippen LogP) is 2.96. The fourth-order valence-electron chi connectivity index (χ4n) is 0.415. The van der Waals surface area contributed by atoms with Gasteiger partial charge in [0.25, 0.3) is 0 Å². The molecule has 1 aromatic rings. The largest absolute Gasteiger partial charge is 0.248 e. The van der Waals surface area contributed by atoms with Gasteiger partial charge in [-0.15, -0.1) is 0 Å². The van der Waals surface area contributed by atoms with Crippen LogP contribution in [0.25, 0.3) is 0 Å². The van der Waals surface area contributed by atoms with Crippen molar-refractivity contribution < 1.29 is 0 Å². The molecule has 0 unspecified atom stereocenters. The minimum absolute atomic E-state index is 1.29. The Bertz CT molecular complexity index is 204. The highest BCUT2D eigenvalue weighted by atomic mass is 127. The maximum Gasteiger partial charge on any atom is 0.0554 e. The second kappa shape index (κ2) is 6.86. The van der Waals surface area contributed by atoms with Crippen molar-refractivity contribution in [1.82, 2.24) is 0 Å². The zero-order valence-electron chi connectivity index (χ0n) is 5.17. The van der Waals surface area contributed by atoms with Gasteiger partial charge in [-0.1, -0.05) is 18.2 Å². The summed E-state index contributed by atoms with van der Waals surface area (Å²) in [6.45, 7) is 0. The van der Waals surface area contributed by atoms with Crippen molar-refractivity contribution in [3.05, 3.63) is 33.9 Å². The van der Waals surface area contributed by atoms with Crippen molar-refractivity contribution in [3.8, 4) is 0 Å². The van der Waals surface area contributed by atoms with Crippen LogP contribution in [-0.4, -0.2) is 5.16 Å². The van der Waals surface area contributed by atoms with Gasteiger partial charge in [-0.2, -0.15) is 0 Å². The summed E-state index contributed by atoms with van der Waals surface area (Å²) in [5.74, 6) is 0. The first-order valence-electron chi connectivity index (χ1n) is 2.55. The number of benzene rings is 1. The second-order valence-corrected chi connectivity index (χ2v) is 2.85. The van der Waals surface area contributed by atoms with Gasteiger partial charge < -0.3 is 0 Å². The molecule has 1 aromatic carbocycles. The predicted molar refractivity (Wildman–Crippen MR) is 54.5 cm³/mol. The topological polar surface area (TPSA) is 23.9 Å². The number of hydrogen-bond acceptors (Lipinski definition) is 2. The second-order valence-electron chi connectivity index (χ2n) is 1.40. The molecule has 0 radical (unpaired) electrons. The average Bonchev–Trinajstić information content (AvgIpc) is 1.91. The molecule has 0 amide bonds. The molecular weight excluding hydrogens is 257 g/mol. The van der Waals surface area contributed by atoms with E-state index in [4.69, 9.17) is 5.41 Å². The van der Waals surface area contributed by atoms with Crippen molar-refractivity contribution >= 4 is 40.0 Å². The van der Waals surface area contributed by atoms with Crippen LogP contribution < -0.4 is 0 Å². The molecule has 0 atom stereocenters. The van der Waals surface area contributed by atoms with Crippen LogP contribution in [0.4, 0.5) is 0 Å². The highest BCUT2D eigenvalue weighted by Gasteiger charge is 1.74. The molecule has 0 bridgehead atoms. The van der Waals surface area contributed by atoms with Gasteiger partial charge in [0.15, 0.2) is 0 Å². The van der Waals surface area contributed by atoms with Gasteiger partial charge in [0.05, 0.1) is 5.16 Å². The summed E-state index contributed by atoms with van der Waals surface area (Å²) in [4.78, 5) is 0. The smallest absolute Gasteiger partial charge is 0.0554 e. The van der Waals surface area contributed by atoms with E-state index in [1.165, 1.54) is 3.57 Å². The molecule has 0 heterocycles. The summed E-state index contributed by atoms with van der Waals surface area (Å²) in [5.41, 5.74) is 0. The first-order valence-corrected chi connectivity index (χ1v) is 4.04. The summed E-state index contributed by atoms with van der Waals surface area (Å²) >= 11 is 6.09. The Labute approximate surface area is 79.1 Å². The Balaban J connectivity index is 0.000000236. The zero-order valence-corrected chi connectivity index (χ0v) is 8.15. The van der Waals surface area contributed by atoms with Gasteiger partial charge in [-0.05, 0) is 46.9 Å². The number of isothiocyanates is 1. The van der Waals surface area contributed by atoms with Crippen LogP contribution in [-0.2, 0) is 0 Å². The highest BCUT2D eigenvalue weighted by Crippen LogP contribution is 1.99. The summed E-state index contributed by atoms with van der Waals surface area (Å²) in [5, 5.41) is 7.36. The molecule has 1 N–H and O–H groups in total. The Morgan fingerprint density at radius 2 is 1.70 bits per heavy atom. The number of rotatable bonds is 0. The molecule has 0 saturated heterocycles. The Hall–Kier alpha value is -0.250. The lowest BCUT2D eigenvalue weighted by molar-refractivity contribution is 1.61. The van der Waals surface area contributed by atoms with Gasteiger partial charge >= 0.3 is 0 Å². The Morgan fingerprint density at radius 1 is 1.30 bits per heavy atom. The quantitative estimate of drug-likeness (QED) is 0.434. The van der Waals surface area contributed by atoms with Crippen LogP contribution in [0.3, 0.4) is 0 Å². The molecule has 10 heavy (non-hydrogen) atoms. The molecule has 0 saturated carbocycles. The van der Waals surface area contributed by atoms with E-state index < -0.39 is 0 Å². The summed E-state index contributed by atoms with van der Waals surface area (Å²) in [6.07, 6.45) is 0. The minimum Gasteiger partial charge on any atom is -0.248 e. The van der Waals surface area contributed by atoms with Crippen molar-refractivity contribution in [2.45, 2.75) is 0 Å². The van der Waals surface area contributed by atoms with Gasteiger partial charge in [0.2, 0.25) is 0 Å². The highest BCUT2D eigenvalue weighted by molar-refractivity contribution is 14.1. The molecule has 0 spiro atoms. The molecule has 0 aliphatic rings. The van der Waals surface area contributed by atoms with E-state index >= 15 is 0 Å². The molecule has 0 aliphatic carbocycles. The molecule has 1 nitrogen and oxygen atoms in total. The molecule has 3 heteroatoms. The van der Waals surface area contributed by atoms with Gasteiger partial charge in [-0.25, -0.2) is 5.41 Å². The van der Waals surface area contributed by atoms with Gasteiger partial charge in [-0.3, -0.25) is 0 Å². The van der Waals surface area contributed by atoms with Crippen LogP contribution in [0, 0.1) is 8.98 Å². The fourth-order valence-corrected chi connectivity index (χ4v) is 0.830. The lowest BCUT2D eigenvalue weighted by Gasteiger charge is -1.80. The van der Waals surface area contributed by atoms with Crippen LogP contribution in [0.1, 0.15) is 0 Å². The van der Waals surface area contributed by atoms with Crippen LogP contribution in [0.15, 0.2) is 30.3 Å². The lowest BCUT2D eigenvalue weighted by atomic mass is 10.4. The maximum atomic E-state index is 5.77. The summed E-state index contributed by atoms with van der Waals surface area (Å²) in [7, 11) is 0. The van der Waals surface area contributed by atoms with Crippen LogP contribution in [0.2, 0.25) is 0 Å². The van der Waals surface area contributed by atoms with Crippen molar-refractivity contribution in [2.75, 3.05) is 0 Å². The third-order valence-corrected chi connectivity index (χ3v) is 1.45. The summed E-state index contributed by atoms with van der Waals surface area (Å²) in [6, 6.07) is 10.2. The lowest BCUT2D eigenvalue weighted by Crippen LogP contribution is -1.61. The van der Waals surface area contributed by atoms with Crippen molar-refractivity contribution in [1.29, 1.82) is 5.41 Å². The number of nitrogens with one attached hydrogen (secondary N) is 1. The van der Waals surface area contributed by atoms with Gasteiger partial charge in [0.1, 0.15) is 0 Å². The average molecular weight is 263 g/mol. The molecule has 0 aliphatic heterocycles. The zero-order chi connectivity index (χ0) is 7.82. The van der Waals surface area contributed by atoms with Gasteiger partial charge in [0, 0.05) is 3.57 Å². The minimum atomic E-state index is 1.29. The number of thiocarbonyl (C=S) groups is 1. The third-order valence-electron chi connectivity index (χ3n) is 0.733. The van der Waals surface area contributed by atoms with E-state index in [1.54, 1.807) is 5.16 Å². The molecule has 0 aromatic heterocycles. The third kappa shape index (κ3) is 5.88. The molecule has 1 rings (SSSR count). The Morgan fingerprint density at radius 3 is 1.90 bits per heavy atom. The first kappa shape index (κ1) is 9.75. The van der Waals surface area contributed by atoms with E-state index in [0.717, 1.165) is 0 Å². The first-order chi connectivity index (χ1) is 4.81. The Kier molecular flexibility index (Phi) is 6.69. The fraction of sp³-hybridized carbons (Fsp3) is 0. The van der Waals surface area contributed by atoms with E-state index in [1.807, 2.05) is 18.2 Å². The van der Waals surface area contributed by atoms with E-state index in [2.05, 4.69) is 46.9 Å². The van der Waals surface area contributed by atoms with Crippen LogP contribution >= 0.6 is 34.8 Å². The van der Waals surface area contributed by atoms with Crippen LogP contribution in [0.5, 0.6) is 0 Å². The van der Waals surface area contributed by atoms with Crippen molar-refractivity contribution in [2.24, 2.45) is 0 Å². The standard InChI is InChI=1S/C6H5I.CHNS/c7-6-4-2-1-3-5-6;2-1-3/h1-5H;2H. The normalized spacial score (nSPS) is 6.90. The van der Waals surface area contributed by atoms with E-state index in [0.29, 0.717) is 0 Å². The summed E-state index contributed by atoms with van der Waals surface area (Å²) < 4.78 is 1.29. The maximum absolute atomic E-state index is 5.77. The molecular formula is C7H6INS. The molecule has 52 valence electrons. The number of hydrogen-bond donors (Lipinski definition) is 1. The monoisotopic (exact) mass is 263 g/mol. The SMILES string of the molecule is Ic1ccccc1.N=C=S. The molecule has 0 fully saturated rings. The van der Waals surface area contributed by atoms with E-state index in [-0.39, 0.29) is 0 Å². The van der Waals surface area contributed by atoms with Crippen molar-refractivity contribution in [3.63, 3.8) is 0 Å². The number of halogens is 1.